The van der Waals surface area contributed by atoms with Crippen molar-refractivity contribution >= 4 is 35.2 Å². The first kappa shape index (κ1) is 12.8. The Morgan fingerprint density at radius 2 is 2.06 bits per heavy atom. The average molecular weight is 271 g/mol. The Kier molecular flexibility index (Phi) is 4.75. The van der Waals surface area contributed by atoms with E-state index in [1.165, 1.54) is 36.1 Å². The SMILES string of the molecule is CSc1nc(NN)cc(NC2CCSCC2)n1. The first-order valence-corrected chi connectivity index (χ1v) is 7.93. The van der Waals surface area contributed by atoms with Crippen LogP contribution >= 0.6 is 23.5 Å². The number of thioether (sulfide) groups is 2. The van der Waals surface area contributed by atoms with Crippen LogP contribution in [0.3, 0.4) is 0 Å². The predicted molar refractivity (Wildman–Crippen MR) is 75.6 cm³/mol. The number of nitrogen functional groups attached to an aromatic ring is 1. The number of nitrogens with one attached hydrogen (secondary N) is 2. The van der Waals surface area contributed by atoms with Gasteiger partial charge in [0.2, 0.25) is 0 Å². The average Bonchev–Trinajstić information content (AvgIpc) is 2.39. The Hall–Kier alpha value is -0.660. The lowest BCUT2D eigenvalue weighted by Gasteiger charge is -2.23. The fourth-order valence-corrected chi connectivity index (χ4v) is 3.20. The third-order valence-corrected chi connectivity index (χ3v) is 4.21. The van der Waals surface area contributed by atoms with Crippen molar-refractivity contribution in [1.82, 2.24) is 9.97 Å². The molecule has 0 radical (unpaired) electrons. The van der Waals surface area contributed by atoms with Gasteiger partial charge < -0.3 is 10.7 Å². The summed E-state index contributed by atoms with van der Waals surface area (Å²) in [5, 5.41) is 4.19. The fourth-order valence-electron chi connectivity index (χ4n) is 1.72. The van der Waals surface area contributed by atoms with Crippen molar-refractivity contribution in [1.29, 1.82) is 0 Å². The number of hydrazine groups is 1. The lowest BCUT2D eigenvalue weighted by Crippen LogP contribution is -2.25. The summed E-state index contributed by atoms with van der Waals surface area (Å²) in [6.45, 7) is 0. The van der Waals surface area contributed by atoms with Crippen molar-refractivity contribution in [3.8, 4) is 0 Å². The Labute approximate surface area is 110 Å². The summed E-state index contributed by atoms with van der Waals surface area (Å²) in [6.07, 6.45) is 4.33. The zero-order chi connectivity index (χ0) is 12.1. The molecule has 1 aromatic heterocycles. The topological polar surface area (TPSA) is 75.9 Å². The van der Waals surface area contributed by atoms with E-state index in [1.807, 2.05) is 24.1 Å². The van der Waals surface area contributed by atoms with E-state index in [-0.39, 0.29) is 0 Å². The summed E-state index contributed by atoms with van der Waals surface area (Å²) in [7, 11) is 0. The second-order valence-corrected chi connectivity index (χ2v) is 5.80. The van der Waals surface area contributed by atoms with Gasteiger partial charge in [0.1, 0.15) is 11.6 Å². The molecule has 0 amide bonds. The van der Waals surface area contributed by atoms with Crippen LogP contribution in [0.1, 0.15) is 12.8 Å². The van der Waals surface area contributed by atoms with E-state index in [0.717, 1.165) is 11.0 Å². The van der Waals surface area contributed by atoms with Gasteiger partial charge in [0.05, 0.1) is 0 Å². The predicted octanol–water partition coefficient (Wildman–Crippen LogP) is 1.79. The highest BCUT2D eigenvalue weighted by Gasteiger charge is 2.14. The molecule has 1 aliphatic rings. The lowest BCUT2D eigenvalue weighted by atomic mass is 10.1. The van der Waals surface area contributed by atoms with Crippen LogP contribution in [0.2, 0.25) is 0 Å². The molecule has 5 nitrogen and oxygen atoms in total. The largest absolute Gasteiger partial charge is 0.367 e. The van der Waals surface area contributed by atoms with Crippen LogP contribution in [-0.4, -0.2) is 33.8 Å². The van der Waals surface area contributed by atoms with Gasteiger partial charge >= 0.3 is 0 Å². The molecule has 0 aromatic carbocycles. The van der Waals surface area contributed by atoms with Gasteiger partial charge in [0.25, 0.3) is 0 Å². The molecule has 7 heteroatoms. The molecule has 1 aliphatic heterocycles. The van der Waals surface area contributed by atoms with Crippen LogP contribution in [0.5, 0.6) is 0 Å². The minimum absolute atomic E-state index is 0.520. The van der Waals surface area contributed by atoms with Crippen LogP contribution in [0.25, 0.3) is 0 Å². The smallest absolute Gasteiger partial charge is 0.191 e. The standard InChI is InChI=1S/C10H17N5S2/c1-16-10-13-8(6-9(14-10)15-11)12-7-2-4-17-5-3-7/h6-7H,2-5,11H2,1H3,(H2,12,13,14,15). The number of nitrogens with zero attached hydrogens (tertiary/aromatic N) is 2. The summed E-state index contributed by atoms with van der Waals surface area (Å²) in [6, 6.07) is 2.37. The monoisotopic (exact) mass is 271 g/mol. The highest BCUT2D eigenvalue weighted by molar-refractivity contribution is 7.99. The summed E-state index contributed by atoms with van der Waals surface area (Å²) >= 11 is 3.53. The van der Waals surface area contributed by atoms with Gasteiger partial charge in [-0.15, -0.1) is 0 Å². The molecule has 0 aliphatic carbocycles. The maximum absolute atomic E-state index is 5.39. The number of hydrogen-bond acceptors (Lipinski definition) is 7. The molecule has 17 heavy (non-hydrogen) atoms. The molecule has 1 fully saturated rings. The molecule has 2 rings (SSSR count). The number of anilines is 2. The molecule has 2 heterocycles. The third kappa shape index (κ3) is 3.65. The van der Waals surface area contributed by atoms with Gasteiger partial charge in [-0.1, -0.05) is 11.8 Å². The minimum Gasteiger partial charge on any atom is -0.367 e. The molecule has 0 saturated carbocycles. The highest BCUT2D eigenvalue weighted by atomic mass is 32.2. The van der Waals surface area contributed by atoms with E-state index in [4.69, 9.17) is 5.84 Å². The van der Waals surface area contributed by atoms with Crippen molar-refractivity contribution in [2.24, 2.45) is 5.84 Å². The molecule has 94 valence electrons. The van der Waals surface area contributed by atoms with Crippen LogP contribution < -0.4 is 16.6 Å². The van der Waals surface area contributed by atoms with E-state index < -0.39 is 0 Å². The fraction of sp³-hybridized carbons (Fsp3) is 0.600. The molecule has 0 spiro atoms. The van der Waals surface area contributed by atoms with Crippen LogP contribution in [-0.2, 0) is 0 Å². The normalized spacial score (nSPS) is 16.8. The van der Waals surface area contributed by atoms with Crippen LogP contribution in [0, 0.1) is 0 Å². The maximum Gasteiger partial charge on any atom is 0.191 e. The Balaban J connectivity index is 2.07. The molecular weight excluding hydrogens is 254 g/mol. The molecule has 0 bridgehead atoms. The van der Waals surface area contributed by atoms with Gasteiger partial charge in [-0.2, -0.15) is 11.8 Å². The maximum atomic E-state index is 5.39. The molecular formula is C10H17N5S2. The molecule has 1 saturated heterocycles. The van der Waals surface area contributed by atoms with E-state index in [2.05, 4.69) is 20.7 Å². The number of nitrogens with two attached hydrogens (primary N) is 1. The van der Waals surface area contributed by atoms with Crippen molar-refractivity contribution in [3.63, 3.8) is 0 Å². The van der Waals surface area contributed by atoms with Gasteiger partial charge in [-0.3, -0.25) is 0 Å². The van der Waals surface area contributed by atoms with Gasteiger partial charge in [0.15, 0.2) is 5.16 Å². The Bertz CT molecular complexity index is 345. The second-order valence-electron chi connectivity index (χ2n) is 3.80. The Morgan fingerprint density at radius 1 is 1.35 bits per heavy atom. The molecule has 0 atom stereocenters. The minimum atomic E-state index is 0.520. The third-order valence-electron chi connectivity index (χ3n) is 2.61. The van der Waals surface area contributed by atoms with Crippen molar-refractivity contribution in [2.75, 3.05) is 28.5 Å². The van der Waals surface area contributed by atoms with E-state index >= 15 is 0 Å². The first-order chi connectivity index (χ1) is 8.31. The highest BCUT2D eigenvalue weighted by Crippen LogP contribution is 2.22. The van der Waals surface area contributed by atoms with E-state index in [9.17, 15) is 0 Å². The number of aromatic nitrogens is 2. The lowest BCUT2D eigenvalue weighted by molar-refractivity contribution is 0.661. The zero-order valence-corrected chi connectivity index (χ0v) is 11.4. The zero-order valence-electron chi connectivity index (χ0n) is 9.77. The number of rotatable bonds is 4. The second kappa shape index (κ2) is 6.32. The van der Waals surface area contributed by atoms with Crippen molar-refractivity contribution < 1.29 is 0 Å². The molecule has 4 N–H and O–H groups in total. The van der Waals surface area contributed by atoms with E-state index in [0.29, 0.717) is 11.9 Å². The molecule has 1 aromatic rings. The quantitative estimate of drug-likeness (QED) is 0.333. The summed E-state index contributed by atoms with van der Waals surface area (Å²) in [5.74, 6) is 9.35. The van der Waals surface area contributed by atoms with Gasteiger partial charge in [-0.05, 0) is 30.6 Å². The summed E-state index contributed by atoms with van der Waals surface area (Å²) in [5.41, 5.74) is 2.57. The number of hydrogen-bond donors (Lipinski definition) is 3. The van der Waals surface area contributed by atoms with Crippen molar-refractivity contribution in [3.05, 3.63) is 6.07 Å². The first-order valence-electron chi connectivity index (χ1n) is 5.56. The summed E-state index contributed by atoms with van der Waals surface area (Å²) < 4.78 is 0. The summed E-state index contributed by atoms with van der Waals surface area (Å²) in [4.78, 5) is 8.67. The molecule has 0 unspecified atom stereocenters. The van der Waals surface area contributed by atoms with Crippen LogP contribution in [0.4, 0.5) is 11.6 Å². The van der Waals surface area contributed by atoms with Gasteiger partial charge in [-0.25, -0.2) is 15.8 Å². The van der Waals surface area contributed by atoms with Crippen LogP contribution in [0.15, 0.2) is 11.2 Å². The van der Waals surface area contributed by atoms with E-state index in [1.54, 1.807) is 0 Å². The Morgan fingerprint density at radius 3 is 2.71 bits per heavy atom. The van der Waals surface area contributed by atoms with Crippen molar-refractivity contribution in [2.45, 2.75) is 24.0 Å². The van der Waals surface area contributed by atoms with Gasteiger partial charge in [0, 0.05) is 12.1 Å².